The molecule has 0 fully saturated rings. The van der Waals surface area contributed by atoms with Crippen molar-refractivity contribution in [2.45, 2.75) is 31.8 Å². The molecule has 0 bridgehead atoms. The predicted octanol–water partition coefficient (Wildman–Crippen LogP) is 1.62. The number of para-hydroxylation sites is 1. The lowest BCUT2D eigenvalue weighted by molar-refractivity contribution is -0.138. The van der Waals surface area contributed by atoms with Crippen LogP contribution in [0.3, 0.4) is 0 Å². The maximum absolute atomic E-state index is 13.3. The third-order valence-electron chi connectivity index (χ3n) is 5.90. The van der Waals surface area contributed by atoms with Gasteiger partial charge in [0.1, 0.15) is 18.6 Å². The fourth-order valence-corrected chi connectivity index (χ4v) is 4.21. The molecule has 0 radical (unpaired) electrons. The Kier molecular flexibility index (Phi) is 7.33. The molecule has 0 aliphatic carbocycles. The summed E-state index contributed by atoms with van der Waals surface area (Å²) in [6, 6.07) is 13.1. The van der Waals surface area contributed by atoms with Crippen LogP contribution in [0.15, 0.2) is 60.9 Å². The second-order valence-corrected chi connectivity index (χ2v) is 8.59. The molecular weight excluding hydrogens is 462 g/mol. The first-order valence-corrected chi connectivity index (χ1v) is 11.5. The molecule has 2 atom stereocenters. The third kappa shape index (κ3) is 5.90. The number of rotatable bonds is 10. The van der Waals surface area contributed by atoms with Crippen molar-refractivity contribution in [3.63, 3.8) is 0 Å². The number of carboxylic acid groups (broad SMARTS) is 1. The number of aromatic nitrogens is 2. The summed E-state index contributed by atoms with van der Waals surface area (Å²) in [6.45, 7) is 0.740. The van der Waals surface area contributed by atoms with Crippen molar-refractivity contribution < 1.29 is 24.3 Å². The van der Waals surface area contributed by atoms with Gasteiger partial charge in [0.2, 0.25) is 17.7 Å². The molecule has 2 aromatic heterocycles. The highest BCUT2D eigenvalue weighted by Crippen LogP contribution is 2.20. The van der Waals surface area contributed by atoms with E-state index in [0.29, 0.717) is 0 Å². The maximum atomic E-state index is 13.3. The Labute approximate surface area is 206 Å². The van der Waals surface area contributed by atoms with E-state index >= 15 is 0 Å². The average Bonchev–Trinajstić information content (AvgIpc) is 3.48. The number of aliphatic carboxylic acids is 1. The van der Waals surface area contributed by atoms with Gasteiger partial charge in [-0.25, -0.2) is 0 Å². The zero-order chi connectivity index (χ0) is 25.7. The summed E-state index contributed by atoms with van der Waals surface area (Å²) in [5.74, 6) is -2.76. The van der Waals surface area contributed by atoms with E-state index in [1.807, 2.05) is 54.7 Å². The van der Waals surface area contributed by atoms with Crippen LogP contribution in [0.1, 0.15) is 18.1 Å². The quantitative estimate of drug-likeness (QED) is 0.200. The van der Waals surface area contributed by atoms with E-state index < -0.39 is 36.4 Å². The van der Waals surface area contributed by atoms with Crippen LogP contribution < -0.4 is 16.0 Å². The number of aromatic amines is 2. The summed E-state index contributed by atoms with van der Waals surface area (Å²) in [6.07, 6.45) is 3.91. The summed E-state index contributed by atoms with van der Waals surface area (Å²) in [5.41, 5.74) is 3.45. The largest absolute Gasteiger partial charge is 0.480 e. The summed E-state index contributed by atoms with van der Waals surface area (Å²) in [7, 11) is 0. The number of carbonyl (C=O) groups is 4. The van der Waals surface area contributed by atoms with Gasteiger partial charge in [0.05, 0.1) is 0 Å². The van der Waals surface area contributed by atoms with Gasteiger partial charge in [-0.15, -0.1) is 0 Å². The minimum absolute atomic E-state index is 0.128. The van der Waals surface area contributed by atoms with Crippen molar-refractivity contribution in [2.75, 3.05) is 6.54 Å². The molecule has 0 saturated heterocycles. The molecular formula is C26H27N5O5. The Bertz CT molecular complexity index is 1420. The van der Waals surface area contributed by atoms with E-state index in [2.05, 4.69) is 25.9 Å². The lowest BCUT2D eigenvalue weighted by Gasteiger charge is -2.23. The molecule has 4 aromatic rings. The normalized spacial score (nSPS) is 12.7. The van der Waals surface area contributed by atoms with Crippen molar-refractivity contribution in [1.29, 1.82) is 0 Å². The highest BCUT2D eigenvalue weighted by molar-refractivity contribution is 5.94. The highest BCUT2D eigenvalue weighted by Gasteiger charge is 2.27. The zero-order valence-electron chi connectivity index (χ0n) is 19.6. The fourth-order valence-electron chi connectivity index (χ4n) is 4.21. The van der Waals surface area contributed by atoms with Gasteiger partial charge in [0.15, 0.2) is 0 Å². The topological polar surface area (TPSA) is 156 Å². The monoisotopic (exact) mass is 489 g/mol. The number of amides is 3. The van der Waals surface area contributed by atoms with Crippen molar-refractivity contribution in [3.8, 4) is 0 Å². The molecule has 0 spiro atoms. The van der Waals surface area contributed by atoms with Gasteiger partial charge in [-0.2, -0.15) is 0 Å². The molecule has 0 saturated carbocycles. The summed E-state index contributed by atoms with van der Waals surface area (Å²) in [5, 5.41) is 18.6. The molecule has 186 valence electrons. The SMILES string of the molecule is CC(=O)NC(Cc1ccc2[nH]ccc2c1)C(=O)NC(Cc1c[nH]c2ccccc12)C(=O)NCC(=O)O. The fraction of sp³-hybridized carbons (Fsp3) is 0.231. The number of H-pyrrole nitrogens is 2. The van der Waals surface area contributed by atoms with Crippen LogP contribution in [0.5, 0.6) is 0 Å². The third-order valence-corrected chi connectivity index (χ3v) is 5.90. The number of hydrogen-bond acceptors (Lipinski definition) is 4. The smallest absolute Gasteiger partial charge is 0.322 e. The number of benzene rings is 2. The maximum Gasteiger partial charge on any atom is 0.322 e. The minimum atomic E-state index is -1.20. The second kappa shape index (κ2) is 10.8. The first-order chi connectivity index (χ1) is 17.3. The van der Waals surface area contributed by atoms with E-state index in [9.17, 15) is 19.2 Å². The zero-order valence-corrected chi connectivity index (χ0v) is 19.6. The van der Waals surface area contributed by atoms with Crippen molar-refractivity contribution in [1.82, 2.24) is 25.9 Å². The Morgan fingerprint density at radius 1 is 0.889 bits per heavy atom. The van der Waals surface area contributed by atoms with Gasteiger partial charge in [-0.3, -0.25) is 19.2 Å². The lowest BCUT2D eigenvalue weighted by atomic mass is 10.0. The van der Waals surface area contributed by atoms with E-state index in [1.165, 1.54) is 6.92 Å². The number of fused-ring (bicyclic) bond motifs is 2. The van der Waals surface area contributed by atoms with Gasteiger partial charge in [-0.1, -0.05) is 24.3 Å². The van der Waals surface area contributed by atoms with E-state index in [1.54, 1.807) is 6.20 Å². The van der Waals surface area contributed by atoms with Crippen LogP contribution in [0.4, 0.5) is 0 Å². The molecule has 0 aliphatic rings. The van der Waals surface area contributed by atoms with E-state index in [0.717, 1.165) is 32.9 Å². The molecule has 2 heterocycles. The Morgan fingerprint density at radius 3 is 2.44 bits per heavy atom. The number of nitrogens with one attached hydrogen (secondary N) is 5. The Morgan fingerprint density at radius 2 is 1.67 bits per heavy atom. The molecule has 6 N–H and O–H groups in total. The first-order valence-electron chi connectivity index (χ1n) is 11.5. The highest BCUT2D eigenvalue weighted by atomic mass is 16.4. The molecule has 2 aromatic carbocycles. The van der Waals surface area contributed by atoms with Gasteiger partial charge < -0.3 is 31.0 Å². The number of carbonyl (C=O) groups excluding carboxylic acids is 3. The molecule has 10 nitrogen and oxygen atoms in total. The van der Waals surface area contributed by atoms with Crippen molar-refractivity contribution >= 4 is 45.5 Å². The second-order valence-electron chi connectivity index (χ2n) is 8.59. The Hall–Kier alpha value is -4.60. The first kappa shape index (κ1) is 24.5. The predicted molar refractivity (Wildman–Crippen MR) is 134 cm³/mol. The average molecular weight is 490 g/mol. The van der Waals surface area contributed by atoms with Gasteiger partial charge in [0.25, 0.3) is 0 Å². The Balaban J connectivity index is 1.55. The van der Waals surface area contributed by atoms with Crippen LogP contribution in [0.2, 0.25) is 0 Å². The van der Waals surface area contributed by atoms with Crippen molar-refractivity contribution in [2.24, 2.45) is 0 Å². The standard InChI is InChI=1S/C26H27N5O5/c1-15(32)30-22(11-16-6-7-20-17(10-16)8-9-27-20)26(36)31-23(25(35)29-14-24(33)34)12-18-13-28-21-5-3-2-4-19(18)21/h2-10,13,22-23,27-28H,11-12,14H2,1H3,(H,29,35)(H,30,32)(H,31,36)(H,33,34). The molecule has 10 heteroatoms. The number of carboxylic acids is 1. The van der Waals surface area contributed by atoms with Crippen LogP contribution in [0.25, 0.3) is 21.8 Å². The lowest BCUT2D eigenvalue weighted by Crippen LogP contribution is -2.55. The van der Waals surface area contributed by atoms with E-state index in [-0.39, 0.29) is 18.7 Å². The molecule has 4 rings (SSSR count). The molecule has 0 aliphatic heterocycles. The molecule has 3 amide bonds. The summed E-state index contributed by atoms with van der Waals surface area (Å²) in [4.78, 5) is 55.3. The van der Waals surface area contributed by atoms with Crippen LogP contribution in [0, 0.1) is 0 Å². The molecule has 2 unspecified atom stereocenters. The van der Waals surface area contributed by atoms with Crippen LogP contribution >= 0.6 is 0 Å². The van der Waals surface area contributed by atoms with Gasteiger partial charge in [0, 0.05) is 48.6 Å². The van der Waals surface area contributed by atoms with Gasteiger partial charge in [-0.05, 0) is 40.8 Å². The number of hydrogen-bond donors (Lipinski definition) is 6. The van der Waals surface area contributed by atoms with Crippen molar-refractivity contribution in [3.05, 3.63) is 72.1 Å². The van der Waals surface area contributed by atoms with E-state index in [4.69, 9.17) is 5.11 Å². The minimum Gasteiger partial charge on any atom is -0.480 e. The molecule has 36 heavy (non-hydrogen) atoms. The van der Waals surface area contributed by atoms with Gasteiger partial charge >= 0.3 is 5.97 Å². The summed E-state index contributed by atoms with van der Waals surface area (Å²) >= 11 is 0. The summed E-state index contributed by atoms with van der Waals surface area (Å²) < 4.78 is 0. The van der Waals surface area contributed by atoms with Crippen LogP contribution in [-0.4, -0.2) is 57.4 Å². The van der Waals surface area contributed by atoms with Crippen LogP contribution in [-0.2, 0) is 32.0 Å².